The Kier molecular flexibility index (Phi) is 5.11. The molecule has 0 spiro atoms. The third-order valence-electron chi connectivity index (χ3n) is 6.63. The van der Waals surface area contributed by atoms with Gasteiger partial charge < -0.3 is 9.55 Å². The molecular weight excluding hydrogens is 436 g/mol. The molecule has 0 aliphatic heterocycles. The van der Waals surface area contributed by atoms with Crippen molar-refractivity contribution in [2.75, 3.05) is 0 Å². The lowest BCUT2D eigenvalue weighted by Gasteiger charge is -2.19. The molecule has 6 rings (SSSR count). The molecule has 0 saturated heterocycles. The van der Waals surface area contributed by atoms with Gasteiger partial charge >= 0.3 is 0 Å². The number of aromatic nitrogens is 3. The number of nitrogens with zero attached hydrogens (tertiary/aromatic N) is 3. The van der Waals surface area contributed by atoms with Gasteiger partial charge in [0.2, 0.25) is 0 Å². The topological polar surface area (TPSA) is 76.8 Å². The number of hydrogen-bond donors (Lipinski definition) is 1. The molecule has 0 fully saturated rings. The van der Waals surface area contributed by atoms with E-state index in [0.717, 1.165) is 22.0 Å². The fourth-order valence-electron chi connectivity index (χ4n) is 4.96. The highest BCUT2D eigenvalue weighted by Crippen LogP contribution is 2.38. The van der Waals surface area contributed by atoms with Gasteiger partial charge in [-0.25, -0.2) is 4.98 Å². The molecule has 170 valence electrons. The van der Waals surface area contributed by atoms with E-state index in [1.165, 1.54) is 16.3 Å². The molecule has 0 radical (unpaired) electrons. The summed E-state index contributed by atoms with van der Waals surface area (Å²) in [4.78, 5) is 19.3. The predicted octanol–water partition coefficient (Wildman–Crippen LogP) is 6.92. The van der Waals surface area contributed by atoms with E-state index in [2.05, 4.69) is 40.3 Å². The van der Waals surface area contributed by atoms with E-state index in [1.54, 1.807) is 18.7 Å². The van der Waals surface area contributed by atoms with Crippen LogP contribution in [0.5, 0.6) is 0 Å². The van der Waals surface area contributed by atoms with Crippen LogP contribution in [-0.4, -0.2) is 19.5 Å². The number of nitro groups is 1. The lowest BCUT2D eigenvalue weighted by Crippen LogP contribution is -2.13. The molecule has 35 heavy (non-hydrogen) atoms. The summed E-state index contributed by atoms with van der Waals surface area (Å²) < 4.78 is 1.95. The van der Waals surface area contributed by atoms with Crippen molar-refractivity contribution in [3.05, 3.63) is 131 Å². The quantitative estimate of drug-likeness (QED) is 0.217. The van der Waals surface area contributed by atoms with Gasteiger partial charge in [-0.15, -0.1) is 0 Å². The van der Waals surface area contributed by atoms with Crippen LogP contribution in [0.2, 0.25) is 0 Å². The lowest BCUT2D eigenvalue weighted by atomic mass is 9.97. The van der Waals surface area contributed by atoms with Gasteiger partial charge in [-0.05, 0) is 39.1 Å². The summed E-state index contributed by atoms with van der Waals surface area (Å²) >= 11 is 0. The normalized spacial score (nSPS) is 12.2. The van der Waals surface area contributed by atoms with E-state index >= 15 is 0 Å². The second-order valence-electron chi connectivity index (χ2n) is 8.65. The van der Waals surface area contributed by atoms with Crippen molar-refractivity contribution >= 4 is 27.2 Å². The Morgan fingerprint density at radius 2 is 1.51 bits per heavy atom. The molecule has 0 aliphatic rings. The predicted molar refractivity (Wildman–Crippen MR) is 138 cm³/mol. The number of hydrogen-bond acceptors (Lipinski definition) is 3. The largest absolute Gasteiger partial charge is 0.347 e. The number of fused-ring (bicyclic) bond motifs is 2. The van der Waals surface area contributed by atoms with Crippen LogP contribution in [0.4, 0.5) is 5.69 Å². The number of imidazole rings is 1. The summed E-state index contributed by atoms with van der Waals surface area (Å²) in [5.74, 6) is 0. The summed E-state index contributed by atoms with van der Waals surface area (Å²) in [6, 6.07) is 28.3. The van der Waals surface area contributed by atoms with Crippen molar-refractivity contribution in [2.24, 2.45) is 0 Å². The summed E-state index contributed by atoms with van der Waals surface area (Å²) in [6.45, 7) is 0. The van der Waals surface area contributed by atoms with Crippen LogP contribution in [-0.2, 0) is 6.42 Å². The molecule has 6 nitrogen and oxygen atoms in total. The zero-order valence-corrected chi connectivity index (χ0v) is 18.8. The first-order chi connectivity index (χ1) is 17.2. The van der Waals surface area contributed by atoms with Crippen LogP contribution < -0.4 is 0 Å². The molecule has 1 atom stereocenters. The van der Waals surface area contributed by atoms with Crippen molar-refractivity contribution in [3.8, 4) is 11.1 Å². The van der Waals surface area contributed by atoms with E-state index in [-0.39, 0.29) is 16.7 Å². The van der Waals surface area contributed by atoms with Crippen molar-refractivity contribution in [1.29, 1.82) is 0 Å². The smallest absolute Gasteiger partial charge is 0.294 e. The number of rotatable bonds is 6. The standard InChI is InChI=1S/C29H22N4O2/c34-33(35)29-18-32(17-26(29)25-14-6-10-21-8-2-4-13-24(21)25)28(27-16-30-19-31-27)15-22-11-5-9-20-7-1-3-12-23(20)22/h1-14,16-19,28H,15H2,(H,30,31). The molecule has 0 aliphatic carbocycles. The Morgan fingerprint density at radius 3 is 2.26 bits per heavy atom. The zero-order chi connectivity index (χ0) is 23.8. The minimum absolute atomic E-state index is 0.0868. The summed E-state index contributed by atoms with van der Waals surface area (Å²) in [5.41, 5.74) is 3.61. The van der Waals surface area contributed by atoms with Crippen molar-refractivity contribution in [2.45, 2.75) is 12.5 Å². The fourth-order valence-corrected chi connectivity index (χ4v) is 4.96. The second-order valence-corrected chi connectivity index (χ2v) is 8.65. The minimum Gasteiger partial charge on any atom is -0.347 e. The fraction of sp³-hybridized carbons (Fsp3) is 0.0690. The number of nitrogens with one attached hydrogen (secondary N) is 1. The Morgan fingerprint density at radius 1 is 0.829 bits per heavy atom. The monoisotopic (exact) mass is 458 g/mol. The van der Waals surface area contributed by atoms with E-state index in [1.807, 2.05) is 65.4 Å². The molecule has 1 unspecified atom stereocenters. The van der Waals surface area contributed by atoms with Crippen LogP contribution >= 0.6 is 0 Å². The lowest BCUT2D eigenvalue weighted by molar-refractivity contribution is -0.384. The molecule has 6 heteroatoms. The number of benzene rings is 4. The van der Waals surface area contributed by atoms with Gasteiger partial charge in [0.05, 0.1) is 40.9 Å². The number of aromatic amines is 1. The Hall–Kier alpha value is -4.71. The first-order valence-electron chi connectivity index (χ1n) is 11.5. The SMILES string of the molecule is O=[N+]([O-])c1cn(C(Cc2cccc3ccccc23)c2cnc[nH]2)cc1-c1cccc2ccccc12. The van der Waals surface area contributed by atoms with Crippen LogP contribution in [0.1, 0.15) is 17.3 Å². The van der Waals surface area contributed by atoms with Crippen molar-refractivity contribution in [1.82, 2.24) is 14.5 Å². The van der Waals surface area contributed by atoms with Gasteiger partial charge in [0.1, 0.15) is 0 Å². The van der Waals surface area contributed by atoms with Gasteiger partial charge in [-0.3, -0.25) is 10.1 Å². The van der Waals surface area contributed by atoms with Gasteiger partial charge in [0.25, 0.3) is 5.69 Å². The van der Waals surface area contributed by atoms with E-state index in [0.29, 0.717) is 12.0 Å². The molecular formula is C29H22N4O2. The molecule has 6 aromatic rings. The van der Waals surface area contributed by atoms with Crippen LogP contribution in [0.3, 0.4) is 0 Å². The average molecular weight is 459 g/mol. The van der Waals surface area contributed by atoms with Crippen LogP contribution in [0.15, 0.2) is 110 Å². The average Bonchev–Trinajstić information content (AvgIpc) is 3.58. The van der Waals surface area contributed by atoms with E-state index < -0.39 is 0 Å². The van der Waals surface area contributed by atoms with Gasteiger partial charge in [0, 0.05) is 6.20 Å². The highest BCUT2D eigenvalue weighted by Gasteiger charge is 2.25. The van der Waals surface area contributed by atoms with Gasteiger partial charge in [0.15, 0.2) is 0 Å². The van der Waals surface area contributed by atoms with E-state index in [4.69, 9.17) is 0 Å². The zero-order valence-electron chi connectivity index (χ0n) is 18.8. The maximum atomic E-state index is 12.2. The molecule has 2 aromatic heterocycles. The second kappa shape index (κ2) is 8.57. The highest BCUT2D eigenvalue weighted by molar-refractivity contribution is 5.98. The molecule has 2 heterocycles. The van der Waals surface area contributed by atoms with E-state index in [9.17, 15) is 10.1 Å². The third-order valence-corrected chi connectivity index (χ3v) is 6.63. The van der Waals surface area contributed by atoms with Gasteiger partial charge in [-0.2, -0.15) is 0 Å². The van der Waals surface area contributed by atoms with Crippen LogP contribution in [0.25, 0.3) is 32.7 Å². The third kappa shape index (κ3) is 3.75. The Balaban J connectivity index is 1.51. The maximum Gasteiger partial charge on any atom is 0.294 e. The molecule has 0 bridgehead atoms. The molecule has 0 amide bonds. The highest BCUT2D eigenvalue weighted by atomic mass is 16.6. The van der Waals surface area contributed by atoms with Crippen molar-refractivity contribution < 1.29 is 4.92 Å². The summed E-state index contributed by atoms with van der Waals surface area (Å²) in [7, 11) is 0. The van der Waals surface area contributed by atoms with Crippen molar-refractivity contribution in [3.63, 3.8) is 0 Å². The Bertz CT molecular complexity index is 1660. The molecule has 0 saturated carbocycles. The summed E-state index contributed by atoms with van der Waals surface area (Å²) in [6.07, 6.45) is 7.64. The first kappa shape index (κ1) is 20.9. The summed E-state index contributed by atoms with van der Waals surface area (Å²) in [5, 5.41) is 16.5. The minimum atomic E-state index is -0.296. The molecule has 1 N–H and O–H groups in total. The molecule has 4 aromatic carbocycles. The Labute approximate surface area is 201 Å². The number of H-pyrrole nitrogens is 1. The van der Waals surface area contributed by atoms with Gasteiger partial charge in [-0.1, -0.05) is 84.9 Å². The first-order valence-corrected chi connectivity index (χ1v) is 11.5. The van der Waals surface area contributed by atoms with Crippen LogP contribution in [0, 0.1) is 10.1 Å². The maximum absolute atomic E-state index is 12.2.